The van der Waals surface area contributed by atoms with Gasteiger partial charge in [-0.05, 0) is 31.5 Å². The predicted molar refractivity (Wildman–Crippen MR) is 92.8 cm³/mol. The minimum atomic E-state index is 0.843. The molecule has 4 heterocycles. The van der Waals surface area contributed by atoms with Gasteiger partial charge >= 0.3 is 0 Å². The summed E-state index contributed by atoms with van der Waals surface area (Å²) in [5.41, 5.74) is 4.11. The molecule has 0 spiro atoms. The quantitative estimate of drug-likeness (QED) is 0.592. The topological polar surface area (TPSA) is 67.1 Å². The number of aromatic nitrogens is 4. The third-order valence-corrected chi connectivity index (χ3v) is 4.99. The molecule has 0 radical (unpaired) electrons. The molecule has 0 amide bonds. The number of fused-ring (bicyclic) bond motifs is 3. The second-order valence-electron chi connectivity index (χ2n) is 5.61. The maximum absolute atomic E-state index is 4.61. The Morgan fingerprint density at radius 3 is 3.17 bits per heavy atom. The van der Waals surface area contributed by atoms with Crippen LogP contribution in [-0.4, -0.2) is 26.1 Å². The first-order chi connectivity index (χ1) is 11.3. The van der Waals surface area contributed by atoms with E-state index in [9.17, 15) is 0 Å². The van der Waals surface area contributed by atoms with Crippen molar-refractivity contribution in [3.05, 3.63) is 41.0 Å². The number of anilines is 3. The Morgan fingerprint density at radius 1 is 1.26 bits per heavy atom. The lowest BCUT2D eigenvalue weighted by Gasteiger charge is -2.12. The zero-order valence-corrected chi connectivity index (χ0v) is 13.3. The van der Waals surface area contributed by atoms with Crippen LogP contribution in [0.15, 0.2) is 30.5 Å². The summed E-state index contributed by atoms with van der Waals surface area (Å²) in [6, 6.07) is 8.18. The second kappa shape index (κ2) is 4.66. The van der Waals surface area contributed by atoms with Gasteiger partial charge in [-0.1, -0.05) is 0 Å². The van der Waals surface area contributed by atoms with E-state index in [1.54, 1.807) is 17.5 Å². The molecule has 0 unspecified atom stereocenters. The second-order valence-corrected chi connectivity index (χ2v) is 6.84. The van der Waals surface area contributed by atoms with E-state index in [0.29, 0.717) is 0 Å². The Hall–Kier alpha value is -2.67. The molecule has 7 heteroatoms. The smallest absolute Gasteiger partial charge is 0.159 e. The van der Waals surface area contributed by atoms with Crippen LogP contribution in [0, 0.1) is 6.92 Å². The summed E-state index contributed by atoms with van der Waals surface area (Å²) in [6.07, 6.45) is 2.72. The van der Waals surface area contributed by atoms with Crippen LogP contribution in [0.5, 0.6) is 0 Å². The number of nitrogens with zero attached hydrogens (tertiary/aromatic N) is 4. The summed E-state index contributed by atoms with van der Waals surface area (Å²) in [5.74, 6) is 1.94. The molecule has 4 aromatic rings. The zero-order valence-electron chi connectivity index (χ0n) is 12.5. The molecule has 0 bridgehead atoms. The van der Waals surface area contributed by atoms with E-state index < -0.39 is 0 Å². The third-order valence-electron chi connectivity index (χ3n) is 4.06. The molecular formula is C16H14N6S. The lowest BCUT2D eigenvalue weighted by atomic mass is 10.2. The normalized spacial score (nSPS) is 13.4. The Morgan fingerprint density at radius 2 is 2.22 bits per heavy atom. The van der Waals surface area contributed by atoms with Gasteiger partial charge in [0.25, 0.3) is 0 Å². The fourth-order valence-corrected chi connectivity index (χ4v) is 3.91. The van der Waals surface area contributed by atoms with Crippen molar-refractivity contribution in [2.75, 3.05) is 17.2 Å². The van der Waals surface area contributed by atoms with E-state index in [0.717, 1.165) is 46.5 Å². The molecule has 6 nitrogen and oxygen atoms in total. The van der Waals surface area contributed by atoms with Gasteiger partial charge in [0.1, 0.15) is 11.6 Å². The van der Waals surface area contributed by atoms with E-state index in [2.05, 4.69) is 43.9 Å². The van der Waals surface area contributed by atoms with Gasteiger partial charge in [0.15, 0.2) is 5.65 Å². The summed E-state index contributed by atoms with van der Waals surface area (Å²) in [7, 11) is 0. The zero-order chi connectivity index (χ0) is 15.4. The van der Waals surface area contributed by atoms with Crippen molar-refractivity contribution in [2.24, 2.45) is 0 Å². The van der Waals surface area contributed by atoms with E-state index in [1.165, 1.54) is 10.3 Å². The first-order valence-electron chi connectivity index (χ1n) is 7.53. The Bertz CT molecular complexity index is 1050. The Kier molecular flexibility index (Phi) is 2.60. The molecule has 114 valence electrons. The highest BCUT2D eigenvalue weighted by atomic mass is 32.1. The molecule has 0 saturated heterocycles. The van der Waals surface area contributed by atoms with E-state index >= 15 is 0 Å². The fraction of sp³-hybridized carbons (Fsp3) is 0.188. The first kappa shape index (κ1) is 12.8. The van der Waals surface area contributed by atoms with Gasteiger partial charge in [-0.3, -0.25) is 0 Å². The average molecular weight is 322 g/mol. The third kappa shape index (κ3) is 1.97. The van der Waals surface area contributed by atoms with Crippen molar-refractivity contribution in [1.29, 1.82) is 0 Å². The van der Waals surface area contributed by atoms with Crippen LogP contribution in [0.2, 0.25) is 0 Å². The highest BCUT2D eigenvalue weighted by Crippen LogP contribution is 2.32. The number of rotatable bonds is 2. The van der Waals surface area contributed by atoms with Gasteiger partial charge in [-0.2, -0.15) is 9.61 Å². The molecule has 0 atom stereocenters. The Labute approximate surface area is 136 Å². The average Bonchev–Trinajstić information content (AvgIpc) is 3.24. The minimum absolute atomic E-state index is 0.843. The molecule has 0 aliphatic carbocycles. The van der Waals surface area contributed by atoms with Gasteiger partial charge in [0.05, 0.1) is 21.4 Å². The molecule has 23 heavy (non-hydrogen) atoms. The monoisotopic (exact) mass is 322 g/mol. The first-order valence-corrected chi connectivity index (χ1v) is 8.34. The summed E-state index contributed by atoms with van der Waals surface area (Å²) in [5, 5.41) is 12.4. The summed E-state index contributed by atoms with van der Waals surface area (Å²) >= 11 is 1.71. The van der Waals surface area contributed by atoms with E-state index in [4.69, 9.17) is 0 Å². The number of thiazole rings is 1. The van der Waals surface area contributed by atoms with Gasteiger partial charge < -0.3 is 10.6 Å². The van der Waals surface area contributed by atoms with Crippen molar-refractivity contribution in [2.45, 2.75) is 13.3 Å². The van der Waals surface area contributed by atoms with Gasteiger partial charge in [0, 0.05) is 23.9 Å². The number of nitrogens with one attached hydrogen (secondary N) is 2. The van der Waals surface area contributed by atoms with Gasteiger partial charge in [-0.25, -0.2) is 9.97 Å². The van der Waals surface area contributed by atoms with Crippen molar-refractivity contribution in [1.82, 2.24) is 19.6 Å². The van der Waals surface area contributed by atoms with E-state index in [-0.39, 0.29) is 0 Å². The molecule has 1 aromatic carbocycles. The lowest BCUT2D eigenvalue weighted by Crippen LogP contribution is -2.05. The van der Waals surface area contributed by atoms with Gasteiger partial charge in [-0.15, -0.1) is 11.3 Å². The van der Waals surface area contributed by atoms with Crippen molar-refractivity contribution < 1.29 is 0 Å². The molecule has 3 aromatic heterocycles. The maximum Gasteiger partial charge on any atom is 0.159 e. The lowest BCUT2D eigenvalue weighted by molar-refractivity contribution is 0.935. The minimum Gasteiger partial charge on any atom is -0.369 e. The van der Waals surface area contributed by atoms with Crippen molar-refractivity contribution in [3.8, 4) is 0 Å². The van der Waals surface area contributed by atoms with Crippen LogP contribution in [-0.2, 0) is 6.42 Å². The maximum atomic E-state index is 4.61. The van der Waals surface area contributed by atoms with Crippen LogP contribution in [0.4, 0.5) is 17.3 Å². The molecule has 2 N–H and O–H groups in total. The fourth-order valence-electron chi connectivity index (χ4n) is 3.05. The number of hydrogen-bond acceptors (Lipinski definition) is 6. The van der Waals surface area contributed by atoms with Crippen LogP contribution < -0.4 is 10.6 Å². The summed E-state index contributed by atoms with van der Waals surface area (Å²) in [4.78, 5) is 9.13. The summed E-state index contributed by atoms with van der Waals surface area (Å²) < 4.78 is 3.06. The predicted octanol–water partition coefficient (Wildman–Crippen LogP) is 3.36. The molecule has 0 fully saturated rings. The van der Waals surface area contributed by atoms with Crippen LogP contribution in [0.25, 0.3) is 15.9 Å². The van der Waals surface area contributed by atoms with E-state index in [1.807, 2.05) is 17.5 Å². The molecular weight excluding hydrogens is 308 g/mol. The number of hydrogen-bond donors (Lipinski definition) is 2. The van der Waals surface area contributed by atoms with Gasteiger partial charge in [0.2, 0.25) is 0 Å². The standard InChI is InChI=1S/C16H14N6S/c1-9-19-12-3-2-10(8-13(12)23-9)20-16-11-4-6-17-15(11)21-14-5-7-18-22(14)16/h2-3,5,7-8,20H,4,6H2,1H3,(H,17,21). The van der Waals surface area contributed by atoms with Crippen LogP contribution in [0.1, 0.15) is 10.6 Å². The van der Waals surface area contributed by atoms with Crippen LogP contribution >= 0.6 is 11.3 Å². The highest BCUT2D eigenvalue weighted by molar-refractivity contribution is 7.18. The number of aryl methyl sites for hydroxylation is 1. The molecule has 0 saturated carbocycles. The molecule has 1 aliphatic rings. The van der Waals surface area contributed by atoms with Crippen molar-refractivity contribution in [3.63, 3.8) is 0 Å². The number of benzene rings is 1. The van der Waals surface area contributed by atoms with Crippen LogP contribution in [0.3, 0.4) is 0 Å². The largest absolute Gasteiger partial charge is 0.369 e. The highest BCUT2D eigenvalue weighted by Gasteiger charge is 2.20. The molecule has 1 aliphatic heterocycles. The van der Waals surface area contributed by atoms with Crippen molar-refractivity contribution >= 4 is 44.5 Å². The summed E-state index contributed by atoms with van der Waals surface area (Å²) in [6.45, 7) is 2.95. The SMILES string of the molecule is Cc1nc2ccc(Nc3c4c(nc5ccnn35)NCC4)cc2s1. The Balaban J connectivity index is 1.66. The molecule has 5 rings (SSSR count).